The lowest BCUT2D eigenvalue weighted by atomic mass is 10.1. The highest BCUT2D eigenvalue weighted by Crippen LogP contribution is 2.29. The Balaban J connectivity index is 2.14. The van der Waals surface area contributed by atoms with Crippen molar-refractivity contribution in [1.29, 1.82) is 0 Å². The second-order valence-electron chi connectivity index (χ2n) is 4.51. The van der Waals surface area contributed by atoms with Crippen molar-refractivity contribution < 1.29 is 9.90 Å². The van der Waals surface area contributed by atoms with Gasteiger partial charge in [0.1, 0.15) is 5.75 Å². The van der Waals surface area contributed by atoms with Crippen LogP contribution < -0.4 is 5.43 Å². The van der Waals surface area contributed by atoms with E-state index in [-0.39, 0.29) is 16.7 Å². The van der Waals surface area contributed by atoms with Crippen LogP contribution in [0.2, 0.25) is 10.0 Å². The van der Waals surface area contributed by atoms with E-state index in [4.69, 9.17) is 23.2 Å². The highest BCUT2D eigenvalue weighted by Gasteiger charge is 2.09. The number of carbonyl (C=O) groups is 1. The normalized spacial score (nSPS) is 10.9. The third-order valence-corrected chi connectivity index (χ3v) is 3.96. The predicted molar refractivity (Wildman–Crippen MR) is 92.1 cm³/mol. The van der Waals surface area contributed by atoms with Gasteiger partial charge in [0.05, 0.1) is 16.8 Å². The van der Waals surface area contributed by atoms with Gasteiger partial charge in [0, 0.05) is 15.1 Å². The summed E-state index contributed by atoms with van der Waals surface area (Å²) in [4.78, 5) is 12.0. The number of phenols is 1. The lowest BCUT2D eigenvalue weighted by molar-refractivity contribution is 0.0954. The van der Waals surface area contributed by atoms with Gasteiger partial charge in [-0.05, 0) is 52.7 Å². The van der Waals surface area contributed by atoms with Gasteiger partial charge >= 0.3 is 0 Å². The zero-order chi connectivity index (χ0) is 16.3. The van der Waals surface area contributed by atoms with Crippen LogP contribution in [0.3, 0.4) is 0 Å². The average molecular weight is 402 g/mol. The van der Waals surface area contributed by atoms with E-state index in [9.17, 15) is 9.90 Å². The standard InChI is InChI=1S/C15H11BrCl2N2O2/c1-8-2-3-11(12(16)4-8)15(22)20-19-7-9-5-10(17)6-13(18)14(9)21/h2-7,21H,1H3,(H,20,22)/b19-7+. The molecule has 0 atom stereocenters. The highest BCUT2D eigenvalue weighted by molar-refractivity contribution is 9.10. The average Bonchev–Trinajstić information content (AvgIpc) is 2.43. The second-order valence-corrected chi connectivity index (χ2v) is 6.21. The van der Waals surface area contributed by atoms with Crippen molar-refractivity contribution in [2.24, 2.45) is 5.10 Å². The number of phenolic OH excluding ortho intramolecular Hbond substituents is 1. The zero-order valence-corrected chi connectivity index (χ0v) is 14.5. The molecule has 2 aromatic rings. The summed E-state index contributed by atoms with van der Waals surface area (Å²) in [5, 5.41) is 14.0. The Labute approximate surface area is 145 Å². The number of hydrazone groups is 1. The molecule has 0 saturated heterocycles. The molecule has 0 aliphatic rings. The van der Waals surface area contributed by atoms with E-state index in [1.807, 2.05) is 19.1 Å². The number of hydrogen-bond donors (Lipinski definition) is 2. The number of benzene rings is 2. The maximum Gasteiger partial charge on any atom is 0.272 e. The summed E-state index contributed by atoms with van der Waals surface area (Å²) >= 11 is 15.0. The fourth-order valence-corrected chi connectivity index (χ4v) is 2.89. The number of amides is 1. The van der Waals surface area contributed by atoms with Gasteiger partial charge in [-0.25, -0.2) is 5.43 Å². The smallest absolute Gasteiger partial charge is 0.272 e. The minimum absolute atomic E-state index is 0.113. The summed E-state index contributed by atoms with van der Waals surface area (Å²) in [5.41, 5.74) is 4.17. The number of rotatable bonds is 3. The van der Waals surface area contributed by atoms with Gasteiger partial charge in [-0.2, -0.15) is 5.10 Å². The Morgan fingerprint density at radius 3 is 2.73 bits per heavy atom. The molecule has 114 valence electrons. The van der Waals surface area contributed by atoms with E-state index in [1.165, 1.54) is 18.3 Å². The fraction of sp³-hybridized carbons (Fsp3) is 0.0667. The quantitative estimate of drug-likeness (QED) is 0.586. The molecule has 2 N–H and O–H groups in total. The van der Waals surface area contributed by atoms with E-state index < -0.39 is 0 Å². The van der Waals surface area contributed by atoms with Crippen molar-refractivity contribution in [2.75, 3.05) is 0 Å². The van der Waals surface area contributed by atoms with Gasteiger partial charge in [0.15, 0.2) is 0 Å². The Bertz CT molecular complexity index is 763. The molecule has 22 heavy (non-hydrogen) atoms. The van der Waals surface area contributed by atoms with Crippen LogP contribution in [0.1, 0.15) is 21.5 Å². The van der Waals surface area contributed by atoms with E-state index in [0.29, 0.717) is 20.6 Å². The molecule has 0 aromatic heterocycles. The van der Waals surface area contributed by atoms with Gasteiger partial charge in [0.25, 0.3) is 5.91 Å². The molecule has 7 heteroatoms. The Morgan fingerprint density at radius 1 is 1.32 bits per heavy atom. The highest BCUT2D eigenvalue weighted by atomic mass is 79.9. The van der Waals surface area contributed by atoms with E-state index in [0.717, 1.165) is 5.56 Å². The zero-order valence-electron chi connectivity index (χ0n) is 11.4. The first kappa shape index (κ1) is 16.8. The van der Waals surface area contributed by atoms with Crippen molar-refractivity contribution >= 4 is 51.3 Å². The molecule has 2 rings (SSSR count). The summed E-state index contributed by atoms with van der Waals surface area (Å²) < 4.78 is 0.675. The van der Waals surface area contributed by atoms with Gasteiger partial charge in [-0.1, -0.05) is 29.3 Å². The molecular formula is C15H11BrCl2N2O2. The minimum Gasteiger partial charge on any atom is -0.506 e. The molecule has 0 fully saturated rings. The number of carbonyl (C=O) groups excluding carboxylic acids is 1. The maximum absolute atomic E-state index is 12.0. The fourth-order valence-electron chi connectivity index (χ4n) is 1.71. The first-order chi connectivity index (χ1) is 10.4. The number of nitrogens with zero attached hydrogens (tertiary/aromatic N) is 1. The number of aromatic hydroxyl groups is 1. The topological polar surface area (TPSA) is 61.7 Å². The van der Waals surface area contributed by atoms with Crippen molar-refractivity contribution in [1.82, 2.24) is 5.43 Å². The van der Waals surface area contributed by atoms with Crippen LogP contribution in [0.5, 0.6) is 5.75 Å². The van der Waals surface area contributed by atoms with E-state index >= 15 is 0 Å². The van der Waals surface area contributed by atoms with Crippen LogP contribution in [0, 0.1) is 6.92 Å². The Hall–Kier alpha value is -1.56. The largest absolute Gasteiger partial charge is 0.506 e. The summed E-state index contributed by atoms with van der Waals surface area (Å²) in [5.74, 6) is -0.531. The lowest BCUT2D eigenvalue weighted by Gasteiger charge is -2.05. The third kappa shape index (κ3) is 4.00. The first-order valence-corrected chi connectivity index (χ1v) is 7.71. The molecule has 0 spiro atoms. The van der Waals surface area contributed by atoms with Crippen LogP contribution in [0.25, 0.3) is 0 Å². The van der Waals surface area contributed by atoms with Gasteiger partial charge in [-0.15, -0.1) is 0 Å². The third-order valence-electron chi connectivity index (χ3n) is 2.80. The molecule has 0 heterocycles. The maximum atomic E-state index is 12.0. The monoisotopic (exact) mass is 400 g/mol. The lowest BCUT2D eigenvalue weighted by Crippen LogP contribution is -2.18. The van der Waals surface area contributed by atoms with Crippen LogP contribution in [0.4, 0.5) is 0 Å². The minimum atomic E-state index is -0.379. The molecule has 0 bridgehead atoms. The van der Waals surface area contributed by atoms with Crippen LogP contribution in [-0.4, -0.2) is 17.2 Å². The Morgan fingerprint density at radius 2 is 2.05 bits per heavy atom. The van der Waals surface area contributed by atoms with Crippen LogP contribution in [0.15, 0.2) is 39.9 Å². The molecule has 0 aliphatic heterocycles. The first-order valence-electron chi connectivity index (χ1n) is 6.16. The van der Waals surface area contributed by atoms with Gasteiger partial charge in [-0.3, -0.25) is 4.79 Å². The van der Waals surface area contributed by atoms with E-state index in [2.05, 4.69) is 26.5 Å². The molecule has 4 nitrogen and oxygen atoms in total. The number of aryl methyl sites for hydroxylation is 1. The molecule has 2 aromatic carbocycles. The van der Waals surface area contributed by atoms with Crippen molar-refractivity contribution in [3.63, 3.8) is 0 Å². The summed E-state index contributed by atoms with van der Waals surface area (Å²) in [6.07, 6.45) is 1.27. The van der Waals surface area contributed by atoms with Crippen molar-refractivity contribution in [2.45, 2.75) is 6.92 Å². The summed E-state index contributed by atoms with van der Waals surface area (Å²) in [6.45, 7) is 1.93. The number of hydrogen-bond acceptors (Lipinski definition) is 3. The van der Waals surface area contributed by atoms with Crippen LogP contribution in [-0.2, 0) is 0 Å². The predicted octanol–water partition coefficient (Wildman–Crippen LogP) is 4.53. The molecule has 0 saturated carbocycles. The second kappa shape index (κ2) is 7.13. The number of halogens is 3. The van der Waals surface area contributed by atoms with Gasteiger partial charge < -0.3 is 5.11 Å². The van der Waals surface area contributed by atoms with Gasteiger partial charge in [0.2, 0.25) is 0 Å². The molecule has 0 unspecified atom stereocenters. The summed E-state index contributed by atoms with van der Waals surface area (Å²) in [7, 11) is 0. The number of nitrogens with one attached hydrogen (secondary N) is 1. The van der Waals surface area contributed by atoms with Crippen molar-refractivity contribution in [3.8, 4) is 5.75 Å². The SMILES string of the molecule is Cc1ccc(C(=O)N/N=C/c2cc(Cl)cc(Cl)c2O)c(Br)c1. The molecule has 0 aliphatic carbocycles. The van der Waals surface area contributed by atoms with Crippen molar-refractivity contribution in [3.05, 3.63) is 61.5 Å². The molecule has 0 radical (unpaired) electrons. The van der Waals surface area contributed by atoms with Crippen LogP contribution >= 0.6 is 39.1 Å². The van der Waals surface area contributed by atoms with E-state index in [1.54, 1.807) is 6.07 Å². The molecular weight excluding hydrogens is 391 g/mol. The summed E-state index contributed by atoms with van der Waals surface area (Å²) in [6, 6.07) is 8.25. The molecule has 1 amide bonds. The Kier molecular flexibility index (Phi) is 5.45.